The number of ether oxygens (including phenoxy) is 1. The maximum Gasteiger partial charge on any atom is 0.224 e. The van der Waals surface area contributed by atoms with Crippen LogP contribution in [0.4, 0.5) is 5.69 Å². The first kappa shape index (κ1) is 25.4. The van der Waals surface area contributed by atoms with Crippen LogP contribution in [0.1, 0.15) is 77.5 Å². The molecule has 1 heterocycles. The number of carbonyl (C=O) groups excluding carboxylic acids is 1. The predicted molar refractivity (Wildman–Crippen MR) is 135 cm³/mol. The number of hydrogen-bond donors (Lipinski definition) is 2. The van der Waals surface area contributed by atoms with Gasteiger partial charge < -0.3 is 19.7 Å². The van der Waals surface area contributed by atoms with Gasteiger partial charge in [-0.1, -0.05) is 41.5 Å². The highest BCUT2D eigenvalue weighted by Gasteiger charge is 2.29. The number of aromatic hydroxyl groups is 1. The zero-order valence-corrected chi connectivity index (χ0v) is 21.5. The van der Waals surface area contributed by atoms with Gasteiger partial charge in [-0.3, -0.25) is 4.79 Å². The molecular formula is C27H37NO4S. The van der Waals surface area contributed by atoms with Gasteiger partial charge in [-0.2, -0.15) is 0 Å². The summed E-state index contributed by atoms with van der Waals surface area (Å²) in [6.07, 6.45) is 2.82. The Kier molecular flexibility index (Phi) is 7.69. The maximum atomic E-state index is 13.1. The van der Waals surface area contributed by atoms with Crippen LogP contribution < -0.4 is 10.1 Å². The van der Waals surface area contributed by atoms with Crippen molar-refractivity contribution in [1.29, 1.82) is 0 Å². The second-order valence-corrected chi connectivity index (χ2v) is 12.4. The smallest absolute Gasteiger partial charge is 0.224 e. The van der Waals surface area contributed by atoms with Gasteiger partial charge in [-0.05, 0) is 65.0 Å². The van der Waals surface area contributed by atoms with Crippen LogP contribution in [-0.4, -0.2) is 27.9 Å². The number of phenolic OH excluding ortho intramolecular Hbond substituents is 1. The minimum atomic E-state index is -1.14. The predicted octanol–water partition coefficient (Wildman–Crippen LogP) is 5.84. The summed E-state index contributed by atoms with van der Waals surface area (Å²) in [5.74, 6) is 1.72. The lowest BCUT2D eigenvalue weighted by molar-refractivity contribution is -0.116. The van der Waals surface area contributed by atoms with E-state index in [2.05, 4.69) is 46.9 Å². The van der Waals surface area contributed by atoms with E-state index >= 15 is 0 Å². The Morgan fingerprint density at radius 2 is 1.64 bits per heavy atom. The number of hydrogen-bond acceptors (Lipinski definition) is 4. The molecule has 1 aliphatic rings. The number of benzene rings is 2. The van der Waals surface area contributed by atoms with Crippen LogP contribution >= 0.6 is 0 Å². The first-order chi connectivity index (χ1) is 15.4. The quantitative estimate of drug-likeness (QED) is 0.393. The van der Waals surface area contributed by atoms with E-state index in [-0.39, 0.29) is 16.7 Å². The van der Waals surface area contributed by atoms with Crippen LogP contribution in [0.2, 0.25) is 0 Å². The lowest BCUT2D eigenvalue weighted by Gasteiger charge is -2.28. The standard InChI is InChI=1S/C27H37NO4S/c1-26(2,3)21-16-20(17-22(25(21)30)27(4,5)6)33(31)14-8-7-13-32-19-10-11-23-18(15-19)9-12-24(29)28-23/h10-11,15-17,30H,7-9,12-14H2,1-6H3,(H,28,29). The van der Waals surface area contributed by atoms with Gasteiger partial charge in [0.2, 0.25) is 5.91 Å². The first-order valence-electron chi connectivity index (χ1n) is 11.7. The molecule has 1 aliphatic heterocycles. The molecule has 0 spiro atoms. The lowest BCUT2D eigenvalue weighted by atomic mass is 9.79. The normalized spacial score (nSPS) is 15.1. The van der Waals surface area contributed by atoms with E-state index in [4.69, 9.17) is 4.74 Å². The molecule has 3 rings (SSSR count). The van der Waals surface area contributed by atoms with Crippen molar-refractivity contribution in [2.45, 2.75) is 83.0 Å². The van der Waals surface area contributed by atoms with Crippen LogP contribution in [0.5, 0.6) is 11.5 Å². The summed E-state index contributed by atoms with van der Waals surface area (Å²) < 4.78 is 19.0. The van der Waals surface area contributed by atoms with Gasteiger partial charge in [0.1, 0.15) is 17.3 Å². The van der Waals surface area contributed by atoms with Crippen molar-refractivity contribution in [3.8, 4) is 11.5 Å². The Bertz CT molecular complexity index is 969. The van der Waals surface area contributed by atoms with Gasteiger partial charge in [0.05, 0.1) is 6.61 Å². The molecule has 0 fully saturated rings. The number of fused-ring (bicyclic) bond motifs is 1. The third-order valence-electron chi connectivity index (χ3n) is 5.93. The number of phenols is 1. The van der Waals surface area contributed by atoms with Crippen molar-refractivity contribution in [2.75, 3.05) is 17.7 Å². The van der Waals surface area contributed by atoms with E-state index in [1.807, 2.05) is 30.3 Å². The highest BCUT2D eigenvalue weighted by Crippen LogP contribution is 2.41. The van der Waals surface area contributed by atoms with E-state index in [1.54, 1.807) is 0 Å². The van der Waals surface area contributed by atoms with E-state index < -0.39 is 11.2 Å². The summed E-state index contributed by atoms with van der Waals surface area (Å²) in [6.45, 7) is 12.9. The molecule has 1 amide bonds. The highest BCUT2D eigenvalue weighted by molar-refractivity contribution is 7.91. The molecule has 1 atom stereocenters. The van der Waals surface area contributed by atoms with Gasteiger partial charge in [0.25, 0.3) is 0 Å². The molecule has 5 nitrogen and oxygen atoms in total. The second-order valence-electron chi connectivity index (χ2n) is 10.8. The average molecular weight is 472 g/mol. The molecule has 2 N–H and O–H groups in total. The number of carbonyl (C=O) groups is 1. The molecule has 33 heavy (non-hydrogen) atoms. The third-order valence-corrected chi connectivity index (χ3v) is 7.35. The van der Waals surface area contributed by atoms with E-state index in [1.165, 1.54) is 0 Å². The minimum absolute atomic E-state index is 0.0574. The molecule has 180 valence electrons. The second kappa shape index (κ2) is 9.98. The number of amides is 1. The molecule has 2 aromatic rings. The summed E-state index contributed by atoms with van der Waals surface area (Å²) in [5.41, 5.74) is 3.17. The Hall–Kier alpha value is -2.18. The fourth-order valence-electron chi connectivity index (χ4n) is 3.98. The van der Waals surface area contributed by atoms with Crippen LogP contribution in [-0.2, 0) is 33.2 Å². The Morgan fingerprint density at radius 1 is 1.00 bits per heavy atom. The molecule has 0 radical (unpaired) electrons. The Morgan fingerprint density at radius 3 is 2.24 bits per heavy atom. The lowest BCUT2D eigenvalue weighted by Crippen LogP contribution is -2.19. The summed E-state index contributed by atoms with van der Waals surface area (Å²) in [5, 5.41) is 13.7. The topological polar surface area (TPSA) is 81.6 Å². The zero-order chi connectivity index (χ0) is 24.4. The van der Waals surface area contributed by atoms with Crippen molar-refractivity contribution in [2.24, 2.45) is 0 Å². The van der Waals surface area contributed by atoms with Gasteiger partial charge in [0, 0.05) is 35.4 Å². The molecule has 0 aliphatic carbocycles. The van der Waals surface area contributed by atoms with Crippen molar-refractivity contribution in [3.63, 3.8) is 0 Å². The first-order valence-corrected chi connectivity index (χ1v) is 13.0. The van der Waals surface area contributed by atoms with Crippen molar-refractivity contribution >= 4 is 22.8 Å². The molecule has 0 saturated carbocycles. The summed E-state index contributed by atoms with van der Waals surface area (Å²) in [7, 11) is 0. The van der Waals surface area contributed by atoms with Gasteiger partial charge in [-0.25, -0.2) is 0 Å². The molecule has 0 bridgehead atoms. The van der Waals surface area contributed by atoms with Crippen LogP contribution in [0.3, 0.4) is 0 Å². The van der Waals surface area contributed by atoms with Gasteiger partial charge in [0.15, 0.2) is 4.90 Å². The Labute approximate surface area is 201 Å². The molecule has 0 aromatic heterocycles. The third kappa shape index (κ3) is 6.45. The Balaban J connectivity index is 1.58. The molecule has 1 unspecified atom stereocenters. The fourth-order valence-corrected chi connectivity index (χ4v) is 5.18. The molecule has 6 heteroatoms. The van der Waals surface area contributed by atoms with Crippen molar-refractivity contribution in [1.82, 2.24) is 0 Å². The minimum Gasteiger partial charge on any atom is -0.611 e. The highest BCUT2D eigenvalue weighted by atomic mass is 32.2. The molecule has 2 aromatic carbocycles. The van der Waals surface area contributed by atoms with Gasteiger partial charge >= 0.3 is 0 Å². The van der Waals surface area contributed by atoms with E-state index in [0.717, 1.165) is 52.3 Å². The van der Waals surface area contributed by atoms with E-state index in [0.29, 0.717) is 24.5 Å². The largest absolute Gasteiger partial charge is 0.611 e. The summed E-state index contributed by atoms with van der Waals surface area (Å²) in [6, 6.07) is 9.57. The van der Waals surface area contributed by atoms with Crippen molar-refractivity contribution in [3.05, 3.63) is 47.0 Å². The summed E-state index contributed by atoms with van der Waals surface area (Å²) >= 11 is -1.14. The monoisotopic (exact) mass is 471 g/mol. The molecule has 0 saturated heterocycles. The SMILES string of the molecule is CC(C)(C)c1cc([S+]([O-])CCCCOc2ccc3c(c2)CCC(=O)N3)cc(C(C)(C)C)c1O. The zero-order valence-electron chi connectivity index (χ0n) is 20.7. The number of nitrogens with one attached hydrogen (secondary N) is 1. The van der Waals surface area contributed by atoms with Crippen LogP contribution in [0, 0.1) is 0 Å². The number of unbranched alkanes of at least 4 members (excludes halogenated alkanes) is 1. The number of anilines is 1. The van der Waals surface area contributed by atoms with Gasteiger partial charge in [-0.15, -0.1) is 0 Å². The summed E-state index contributed by atoms with van der Waals surface area (Å²) in [4.78, 5) is 12.3. The number of aryl methyl sites for hydroxylation is 1. The molecular weight excluding hydrogens is 434 g/mol. The number of rotatable bonds is 7. The maximum absolute atomic E-state index is 13.1. The fraction of sp³-hybridized carbons (Fsp3) is 0.519. The van der Waals surface area contributed by atoms with Crippen LogP contribution in [0.25, 0.3) is 0 Å². The van der Waals surface area contributed by atoms with Crippen LogP contribution in [0.15, 0.2) is 35.2 Å². The average Bonchev–Trinajstić information content (AvgIpc) is 2.71. The van der Waals surface area contributed by atoms with Crippen molar-refractivity contribution < 1.29 is 19.2 Å². The van der Waals surface area contributed by atoms with E-state index in [9.17, 15) is 14.5 Å².